The zero-order valence-electron chi connectivity index (χ0n) is 9.95. The van der Waals surface area contributed by atoms with Crippen LogP contribution in [0, 0.1) is 0 Å². The minimum atomic E-state index is -0.270. The second kappa shape index (κ2) is 7.38. The summed E-state index contributed by atoms with van der Waals surface area (Å²) in [6.45, 7) is 0.291. The molecule has 0 aliphatic heterocycles. The Hall–Kier alpha value is -1.07. The molecule has 0 unspecified atom stereocenters. The van der Waals surface area contributed by atoms with Crippen LogP contribution in [0.4, 0.5) is 5.69 Å². The van der Waals surface area contributed by atoms with Crippen LogP contribution in [0.1, 0.15) is 6.42 Å². The van der Waals surface area contributed by atoms with Crippen LogP contribution in [0.25, 0.3) is 0 Å². The SMILES string of the molecule is CN(C(=O)CCNC(=O)CCl)c1ccccc1Br. The van der Waals surface area contributed by atoms with Crippen molar-refractivity contribution in [2.75, 3.05) is 24.4 Å². The summed E-state index contributed by atoms with van der Waals surface area (Å²) in [4.78, 5) is 24.4. The summed E-state index contributed by atoms with van der Waals surface area (Å²) in [5.74, 6) is -0.432. The minimum Gasteiger partial charge on any atom is -0.355 e. The molecule has 18 heavy (non-hydrogen) atoms. The second-order valence-corrected chi connectivity index (χ2v) is 4.76. The predicted molar refractivity (Wildman–Crippen MR) is 75.9 cm³/mol. The van der Waals surface area contributed by atoms with Gasteiger partial charge in [0.25, 0.3) is 0 Å². The third-order valence-electron chi connectivity index (χ3n) is 2.37. The molecule has 0 saturated carbocycles. The standard InChI is InChI=1S/C12H14BrClN2O2/c1-16(10-5-3-2-4-9(10)13)12(18)6-7-15-11(17)8-14/h2-5H,6-8H2,1H3,(H,15,17). The van der Waals surface area contributed by atoms with E-state index in [2.05, 4.69) is 21.2 Å². The fourth-order valence-corrected chi connectivity index (χ4v) is 2.03. The van der Waals surface area contributed by atoms with E-state index in [9.17, 15) is 9.59 Å². The van der Waals surface area contributed by atoms with Crippen molar-refractivity contribution in [3.63, 3.8) is 0 Å². The Morgan fingerprint density at radius 1 is 1.39 bits per heavy atom. The van der Waals surface area contributed by atoms with Crippen LogP contribution in [-0.2, 0) is 9.59 Å². The summed E-state index contributed by atoms with van der Waals surface area (Å²) in [5, 5.41) is 2.55. The van der Waals surface area contributed by atoms with Gasteiger partial charge in [-0.3, -0.25) is 9.59 Å². The van der Waals surface area contributed by atoms with E-state index >= 15 is 0 Å². The van der Waals surface area contributed by atoms with Gasteiger partial charge in [-0.25, -0.2) is 0 Å². The first-order valence-electron chi connectivity index (χ1n) is 5.40. The van der Waals surface area contributed by atoms with Crippen LogP contribution in [-0.4, -0.2) is 31.3 Å². The van der Waals surface area contributed by atoms with Gasteiger partial charge in [-0.05, 0) is 28.1 Å². The number of halogens is 2. The van der Waals surface area contributed by atoms with Crippen molar-refractivity contribution in [1.82, 2.24) is 5.32 Å². The molecule has 98 valence electrons. The molecule has 6 heteroatoms. The summed E-state index contributed by atoms with van der Waals surface area (Å²) in [6, 6.07) is 7.46. The van der Waals surface area contributed by atoms with Crippen LogP contribution in [0.3, 0.4) is 0 Å². The molecule has 0 fully saturated rings. The number of carbonyl (C=O) groups is 2. The molecule has 0 spiro atoms. The van der Waals surface area contributed by atoms with Crippen molar-refractivity contribution in [2.24, 2.45) is 0 Å². The topological polar surface area (TPSA) is 49.4 Å². The highest BCUT2D eigenvalue weighted by molar-refractivity contribution is 9.10. The van der Waals surface area contributed by atoms with Gasteiger partial charge < -0.3 is 10.2 Å². The van der Waals surface area contributed by atoms with Crippen LogP contribution in [0.5, 0.6) is 0 Å². The van der Waals surface area contributed by atoms with Gasteiger partial charge in [0.2, 0.25) is 11.8 Å². The maximum Gasteiger partial charge on any atom is 0.234 e. The van der Waals surface area contributed by atoms with Gasteiger partial charge in [0.05, 0.1) is 5.69 Å². The Morgan fingerprint density at radius 3 is 2.67 bits per heavy atom. The van der Waals surface area contributed by atoms with Gasteiger partial charge in [0, 0.05) is 24.5 Å². The monoisotopic (exact) mass is 332 g/mol. The summed E-state index contributed by atoms with van der Waals surface area (Å²) in [5.41, 5.74) is 0.797. The van der Waals surface area contributed by atoms with Gasteiger partial charge >= 0.3 is 0 Å². The molecule has 0 aliphatic carbocycles. The zero-order chi connectivity index (χ0) is 13.5. The van der Waals surface area contributed by atoms with E-state index in [0.29, 0.717) is 6.54 Å². The summed E-state index contributed by atoms with van der Waals surface area (Å²) >= 11 is 8.72. The summed E-state index contributed by atoms with van der Waals surface area (Å²) < 4.78 is 0.852. The number of hydrogen-bond acceptors (Lipinski definition) is 2. The maximum atomic E-state index is 11.9. The largest absolute Gasteiger partial charge is 0.355 e. The van der Waals surface area contributed by atoms with Crippen molar-refractivity contribution in [3.8, 4) is 0 Å². The minimum absolute atomic E-state index is 0.0724. The smallest absolute Gasteiger partial charge is 0.234 e. The molecule has 0 saturated heterocycles. The molecular formula is C12H14BrClN2O2. The molecule has 0 radical (unpaired) electrons. The van der Waals surface area contributed by atoms with E-state index in [-0.39, 0.29) is 24.1 Å². The summed E-state index contributed by atoms with van der Waals surface area (Å²) in [6.07, 6.45) is 0.237. The van der Waals surface area contributed by atoms with Gasteiger partial charge in [0.1, 0.15) is 5.88 Å². The predicted octanol–water partition coefficient (Wildman–Crippen LogP) is 2.16. The lowest BCUT2D eigenvalue weighted by atomic mass is 10.2. The molecule has 0 atom stereocenters. The fourth-order valence-electron chi connectivity index (χ4n) is 1.38. The Morgan fingerprint density at radius 2 is 2.06 bits per heavy atom. The number of hydrogen-bond donors (Lipinski definition) is 1. The first-order chi connectivity index (χ1) is 8.56. The molecule has 4 nitrogen and oxygen atoms in total. The molecule has 1 aromatic rings. The number of rotatable bonds is 5. The molecule has 0 aliphatic rings. The lowest BCUT2D eigenvalue weighted by Gasteiger charge is -2.18. The fraction of sp³-hybridized carbons (Fsp3) is 0.333. The Kier molecular flexibility index (Phi) is 6.15. The number of alkyl halides is 1. The third-order valence-corrected chi connectivity index (χ3v) is 3.28. The molecule has 1 aromatic carbocycles. The number of benzene rings is 1. The van der Waals surface area contributed by atoms with Crippen LogP contribution in [0.15, 0.2) is 28.7 Å². The molecule has 2 amide bonds. The molecule has 0 bridgehead atoms. The van der Waals surface area contributed by atoms with Crippen molar-refractivity contribution in [1.29, 1.82) is 0 Å². The van der Waals surface area contributed by atoms with Crippen molar-refractivity contribution < 1.29 is 9.59 Å². The average molecular weight is 334 g/mol. The zero-order valence-corrected chi connectivity index (χ0v) is 12.3. The van der Waals surface area contributed by atoms with E-state index < -0.39 is 0 Å². The van der Waals surface area contributed by atoms with E-state index in [4.69, 9.17) is 11.6 Å². The number of amides is 2. The molecule has 0 aromatic heterocycles. The number of para-hydroxylation sites is 1. The van der Waals surface area contributed by atoms with Crippen LogP contribution in [0.2, 0.25) is 0 Å². The lowest BCUT2D eigenvalue weighted by molar-refractivity contribution is -0.119. The first kappa shape index (κ1) is 15.0. The number of anilines is 1. The van der Waals surface area contributed by atoms with Crippen molar-refractivity contribution in [3.05, 3.63) is 28.7 Å². The molecule has 1 rings (SSSR count). The third kappa shape index (κ3) is 4.31. The first-order valence-corrected chi connectivity index (χ1v) is 6.72. The van der Waals surface area contributed by atoms with Gasteiger partial charge in [-0.1, -0.05) is 12.1 Å². The highest BCUT2D eigenvalue weighted by Gasteiger charge is 2.13. The Balaban J connectivity index is 2.52. The summed E-state index contributed by atoms with van der Waals surface area (Å²) in [7, 11) is 1.70. The molecule has 0 heterocycles. The van der Waals surface area contributed by atoms with Gasteiger partial charge in [-0.15, -0.1) is 11.6 Å². The van der Waals surface area contributed by atoms with E-state index in [1.165, 1.54) is 0 Å². The quantitative estimate of drug-likeness (QED) is 0.840. The highest BCUT2D eigenvalue weighted by Crippen LogP contribution is 2.24. The van der Waals surface area contributed by atoms with Gasteiger partial charge in [0.15, 0.2) is 0 Å². The highest BCUT2D eigenvalue weighted by atomic mass is 79.9. The van der Waals surface area contributed by atoms with E-state index in [0.717, 1.165) is 10.2 Å². The van der Waals surface area contributed by atoms with Crippen molar-refractivity contribution in [2.45, 2.75) is 6.42 Å². The Bertz CT molecular complexity index is 440. The average Bonchev–Trinajstić information content (AvgIpc) is 2.38. The van der Waals surface area contributed by atoms with E-state index in [1.807, 2.05) is 24.3 Å². The number of nitrogens with one attached hydrogen (secondary N) is 1. The van der Waals surface area contributed by atoms with E-state index in [1.54, 1.807) is 11.9 Å². The van der Waals surface area contributed by atoms with Gasteiger partial charge in [-0.2, -0.15) is 0 Å². The number of nitrogens with zero attached hydrogens (tertiary/aromatic N) is 1. The normalized spacial score (nSPS) is 9.94. The molecule has 1 N–H and O–H groups in total. The van der Waals surface area contributed by atoms with Crippen LogP contribution >= 0.6 is 27.5 Å². The second-order valence-electron chi connectivity index (χ2n) is 3.64. The molecular weight excluding hydrogens is 320 g/mol. The lowest BCUT2D eigenvalue weighted by Crippen LogP contribution is -2.32. The maximum absolute atomic E-state index is 11.9. The van der Waals surface area contributed by atoms with Crippen LogP contribution < -0.4 is 10.2 Å². The Labute approximate surface area is 119 Å². The number of carbonyl (C=O) groups excluding carboxylic acids is 2. The van der Waals surface area contributed by atoms with Crippen molar-refractivity contribution >= 4 is 45.0 Å².